The number of rotatable bonds is 11. The third kappa shape index (κ3) is 16.8. The fourth-order valence-corrected chi connectivity index (χ4v) is 2.35. The second kappa shape index (κ2) is 15.7. The van der Waals surface area contributed by atoms with Crippen LogP contribution >= 0.6 is 0 Å². The number of hydrogen-bond donors (Lipinski definition) is 2. The maximum atomic E-state index is 11.7. The molecule has 6 heteroatoms. The molecule has 25 heavy (non-hydrogen) atoms. The first-order valence-electron chi connectivity index (χ1n) is 8.83. The van der Waals surface area contributed by atoms with E-state index in [1.807, 2.05) is 30.3 Å². The first-order valence-corrected chi connectivity index (χ1v) is 8.83. The Bertz CT molecular complexity index is 465. The number of amides is 1. The number of nitrogens with one attached hydrogen (secondary N) is 1. The number of unbranched alkanes of at least 4 members (excludes halogenated alkanes) is 5. The van der Waals surface area contributed by atoms with Crippen molar-refractivity contribution in [2.24, 2.45) is 0 Å². The van der Waals surface area contributed by atoms with Crippen molar-refractivity contribution in [2.45, 2.75) is 70.8 Å². The zero-order chi connectivity index (χ0) is 18.9. The Morgan fingerprint density at radius 2 is 1.56 bits per heavy atom. The van der Waals surface area contributed by atoms with E-state index in [-0.39, 0.29) is 12.0 Å². The van der Waals surface area contributed by atoms with Crippen LogP contribution in [0.15, 0.2) is 30.3 Å². The van der Waals surface area contributed by atoms with E-state index >= 15 is 0 Å². The Kier molecular flexibility index (Phi) is 14.6. The van der Waals surface area contributed by atoms with E-state index in [4.69, 9.17) is 4.79 Å². The van der Waals surface area contributed by atoms with Crippen molar-refractivity contribution in [1.82, 2.24) is 0 Å². The van der Waals surface area contributed by atoms with Crippen LogP contribution in [0.3, 0.4) is 0 Å². The smallest absolute Gasteiger partial charge is 0.393 e. The Hall–Kier alpha value is -1.82. The minimum atomic E-state index is -2.83. The van der Waals surface area contributed by atoms with Crippen molar-refractivity contribution in [2.75, 3.05) is 5.32 Å². The van der Waals surface area contributed by atoms with E-state index < -0.39 is 6.29 Å². The lowest BCUT2D eigenvalue weighted by atomic mass is 10.0. The van der Waals surface area contributed by atoms with Crippen LogP contribution in [0.25, 0.3) is 0 Å². The number of hydrogen-bond acceptors (Lipinski definition) is 3. The molecule has 1 unspecified atom stereocenters. The molecule has 0 fully saturated rings. The SMILES string of the molecule is CCCCCCCCC(O)CCC(=O)Nc1ccccc1.O=C(F)F. The van der Waals surface area contributed by atoms with Gasteiger partial charge in [0.15, 0.2) is 0 Å². The lowest BCUT2D eigenvalue weighted by molar-refractivity contribution is -0.116. The summed E-state index contributed by atoms with van der Waals surface area (Å²) in [7, 11) is 0. The lowest BCUT2D eigenvalue weighted by Gasteiger charge is -2.10. The van der Waals surface area contributed by atoms with Crippen molar-refractivity contribution >= 4 is 17.9 Å². The Morgan fingerprint density at radius 3 is 2.16 bits per heavy atom. The topological polar surface area (TPSA) is 66.4 Å². The number of para-hydroxylation sites is 1. The molecular weight excluding hydrogens is 328 g/mol. The number of anilines is 1. The van der Waals surface area contributed by atoms with Crippen LogP contribution < -0.4 is 5.32 Å². The van der Waals surface area contributed by atoms with Crippen LogP contribution in [-0.4, -0.2) is 23.4 Å². The Morgan fingerprint density at radius 1 is 1.00 bits per heavy atom. The molecule has 0 heterocycles. The average Bonchev–Trinajstić information content (AvgIpc) is 2.56. The van der Waals surface area contributed by atoms with Gasteiger partial charge in [0.2, 0.25) is 5.91 Å². The summed E-state index contributed by atoms with van der Waals surface area (Å²) >= 11 is 0. The maximum Gasteiger partial charge on any atom is 0.483 e. The summed E-state index contributed by atoms with van der Waals surface area (Å²) in [4.78, 5) is 19.9. The van der Waals surface area contributed by atoms with E-state index in [0.29, 0.717) is 12.8 Å². The van der Waals surface area contributed by atoms with Gasteiger partial charge in [-0.25, -0.2) is 4.79 Å². The number of carbonyl (C=O) groups is 2. The van der Waals surface area contributed by atoms with E-state index in [1.165, 1.54) is 32.1 Å². The predicted octanol–water partition coefficient (Wildman–Crippen LogP) is 5.56. The molecule has 0 aliphatic carbocycles. The van der Waals surface area contributed by atoms with Crippen LogP contribution in [0, 0.1) is 0 Å². The molecule has 1 aromatic carbocycles. The van der Waals surface area contributed by atoms with Crippen molar-refractivity contribution in [1.29, 1.82) is 0 Å². The van der Waals surface area contributed by atoms with Crippen molar-refractivity contribution in [3.63, 3.8) is 0 Å². The normalized spacial score (nSPS) is 11.2. The molecule has 0 saturated heterocycles. The molecule has 0 aromatic heterocycles. The maximum absolute atomic E-state index is 11.7. The fourth-order valence-electron chi connectivity index (χ4n) is 2.35. The van der Waals surface area contributed by atoms with Crippen LogP contribution in [0.1, 0.15) is 64.7 Å². The minimum Gasteiger partial charge on any atom is -0.393 e. The molecule has 0 aliphatic rings. The molecule has 0 saturated carbocycles. The predicted molar refractivity (Wildman–Crippen MR) is 95.9 cm³/mol. The Balaban J connectivity index is 0.00000129. The van der Waals surface area contributed by atoms with Crippen molar-refractivity contribution in [3.8, 4) is 0 Å². The highest BCUT2D eigenvalue weighted by molar-refractivity contribution is 5.90. The van der Waals surface area contributed by atoms with Crippen molar-refractivity contribution < 1.29 is 23.5 Å². The van der Waals surface area contributed by atoms with Gasteiger partial charge < -0.3 is 10.4 Å². The highest BCUT2D eigenvalue weighted by Crippen LogP contribution is 2.12. The van der Waals surface area contributed by atoms with Crippen molar-refractivity contribution in [3.05, 3.63) is 30.3 Å². The zero-order valence-corrected chi connectivity index (χ0v) is 14.8. The summed E-state index contributed by atoms with van der Waals surface area (Å²) in [5, 5.41) is 12.7. The van der Waals surface area contributed by atoms with Gasteiger partial charge >= 0.3 is 6.29 Å². The monoisotopic (exact) mass is 357 g/mol. The van der Waals surface area contributed by atoms with E-state index in [0.717, 1.165) is 18.5 Å². The van der Waals surface area contributed by atoms with Gasteiger partial charge in [-0.3, -0.25) is 4.79 Å². The summed E-state index contributed by atoms with van der Waals surface area (Å²) in [6.45, 7) is 2.21. The molecule has 0 bridgehead atoms. The molecular formula is C19H29F2NO3. The lowest BCUT2D eigenvalue weighted by Crippen LogP contribution is -2.15. The number of aliphatic hydroxyl groups excluding tert-OH is 1. The van der Waals surface area contributed by atoms with Gasteiger partial charge in [0.25, 0.3) is 0 Å². The number of benzene rings is 1. The minimum absolute atomic E-state index is 0.0248. The molecule has 0 aliphatic heterocycles. The second-order valence-electron chi connectivity index (χ2n) is 5.89. The number of aliphatic hydroxyl groups is 1. The summed E-state index contributed by atoms with van der Waals surface area (Å²) < 4.78 is 19.4. The standard InChI is InChI=1S/C18H29NO2.CF2O/c1-2-3-4-5-6-10-13-17(20)14-15-18(21)19-16-11-8-7-9-12-16;2-1(3)4/h7-9,11-12,17,20H,2-6,10,13-15H2,1H3,(H,19,21);. The summed E-state index contributed by atoms with van der Waals surface area (Å²) in [5.41, 5.74) is 0.813. The molecule has 2 N–H and O–H groups in total. The van der Waals surface area contributed by atoms with Crippen LogP contribution in [-0.2, 0) is 4.79 Å². The fraction of sp³-hybridized carbons (Fsp3) is 0.579. The third-order valence-corrected chi connectivity index (χ3v) is 3.65. The summed E-state index contributed by atoms with van der Waals surface area (Å²) in [6.07, 6.45) is 5.93. The second-order valence-corrected chi connectivity index (χ2v) is 5.89. The van der Waals surface area contributed by atoms with Crippen LogP contribution in [0.2, 0.25) is 0 Å². The van der Waals surface area contributed by atoms with E-state index in [2.05, 4.69) is 12.2 Å². The van der Waals surface area contributed by atoms with Gasteiger partial charge in [-0.2, -0.15) is 0 Å². The van der Waals surface area contributed by atoms with Gasteiger partial charge in [0, 0.05) is 12.1 Å². The molecule has 0 spiro atoms. The van der Waals surface area contributed by atoms with Crippen LogP contribution in [0.4, 0.5) is 19.3 Å². The summed E-state index contributed by atoms with van der Waals surface area (Å²) in [5.74, 6) is -0.0248. The van der Waals surface area contributed by atoms with Gasteiger partial charge in [-0.1, -0.05) is 63.6 Å². The highest BCUT2D eigenvalue weighted by atomic mass is 19.3. The molecule has 1 aromatic rings. The molecule has 1 rings (SSSR count). The number of halogens is 2. The first-order chi connectivity index (χ1) is 12.0. The zero-order valence-electron chi connectivity index (χ0n) is 14.8. The summed E-state index contributed by atoms with van der Waals surface area (Å²) in [6, 6.07) is 9.43. The van der Waals surface area contributed by atoms with E-state index in [1.54, 1.807) is 0 Å². The largest absolute Gasteiger partial charge is 0.483 e. The van der Waals surface area contributed by atoms with Gasteiger partial charge in [-0.15, -0.1) is 8.78 Å². The van der Waals surface area contributed by atoms with Crippen LogP contribution in [0.5, 0.6) is 0 Å². The molecule has 0 radical (unpaired) electrons. The average molecular weight is 357 g/mol. The molecule has 1 amide bonds. The Labute approximate surface area is 148 Å². The van der Waals surface area contributed by atoms with Gasteiger partial charge in [-0.05, 0) is 25.0 Å². The van der Waals surface area contributed by atoms with E-state index in [9.17, 15) is 18.7 Å². The molecule has 4 nitrogen and oxygen atoms in total. The van der Waals surface area contributed by atoms with Gasteiger partial charge in [0.05, 0.1) is 6.10 Å². The third-order valence-electron chi connectivity index (χ3n) is 3.65. The quantitative estimate of drug-likeness (QED) is 0.402. The highest BCUT2D eigenvalue weighted by Gasteiger charge is 2.08. The first kappa shape index (κ1) is 23.2. The molecule has 142 valence electrons. The number of carbonyl (C=O) groups excluding carboxylic acids is 2. The van der Waals surface area contributed by atoms with Gasteiger partial charge in [0.1, 0.15) is 0 Å². The molecule has 1 atom stereocenters.